The minimum absolute atomic E-state index is 0.000438. The number of nitrogens with two attached hydrogens (primary N) is 1. The summed E-state index contributed by atoms with van der Waals surface area (Å²) >= 11 is 4.44. The minimum Gasteiger partial charge on any atom is -0.397 e. The van der Waals surface area contributed by atoms with Crippen LogP contribution in [0.2, 0.25) is 0 Å². The molecule has 338 valence electrons. The second-order valence-corrected chi connectivity index (χ2v) is 19.5. The maximum absolute atomic E-state index is 12.3. The molecule has 0 bridgehead atoms. The summed E-state index contributed by atoms with van der Waals surface area (Å²) in [5, 5.41) is 15.7. The first-order valence-corrected chi connectivity index (χ1v) is 23.9. The number of amides is 1. The van der Waals surface area contributed by atoms with Gasteiger partial charge in [0.2, 0.25) is 0 Å². The predicted molar refractivity (Wildman–Crippen MR) is 276 cm³/mol. The van der Waals surface area contributed by atoms with Crippen LogP contribution in [0.25, 0.3) is 63.0 Å². The minimum atomic E-state index is 0.000438. The third-order valence-corrected chi connectivity index (χ3v) is 14.5. The average molecular weight is 938 g/mol. The highest BCUT2D eigenvalue weighted by atomic mass is 32.1. The number of rotatable bonds is 6. The molecule has 0 spiro atoms. The molecule has 12 nitrogen and oxygen atoms in total. The second-order valence-electron chi connectivity index (χ2n) is 16.3. The highest BCUT2D eigenvalue weighted by Gasteiger charge is 2.25. The van der Waals surface area contributed by atoms with Gasteiger partial charge in [-0.1, -0.05) is 25.1 Å². The molecule has 6 aromatic heterocycles. The van der Waals surface area contributed by atoms with Crippen molar-refractivity contribution >= 4 is 143 Å². The normalized spacial score (nSPS) is 13.1. The van der Waals surface area contributed by atoms with Crippen LogP contribution in [0.5, 0.6) is 0 Å². The van der Waals surface area contributed by atoms with Gasteiger partial charge in [0, 0.05) is 96.4 Å². The lowest BCUT2D eigenvalue weighted by Crippen LogP contribution is -2.34. The van der Waals surface area contributed by atoms with Crippen LogP contribution < -0.4 is 21.7 Å². The van der Waals surface area contributed by atoms with Crippen LogP contribution in [0.3, 0.4) is 0 Å². The summed E-state index contributed by atoms with van der Waals surface area (Å²) in [4.78, 5) is 72.6. The Labute approximate surface area is 394 Å². The highest BCUT2D eigenvalue weighted by molar-refractivity contribution is 7.22. The molecule has 10 rings (SSSR count). The van der Waals surface area contributed by atoms with E-state index >= 15 is 0 Å². The third-order valence-electron chi connectivity index (χ3n) is 10.8. The van der Waals surface area contributed by atoms with Crippen molar-refractivity contribution in [3.05, 3.63) is 105 Å². The van der Waals surface area contributed by atoms with Crippen LogP contribution in [-0.4, -0.2) is 63.1 Å². The summed E-state index contributed by atoms with van der Waals surface area (Å²) in [6.07, 6.45) is 0.667. The number of nitrogens with one attached hydrogen (secondary N) is 3. The van der Waals surface area contributed by atoms with Crippen LogP contribution >= 0.6 is 34.0 Å². The lowest BCUT2D eigenvalue weighted by Gasteiger charge is -2.10. The number of hydrogen-bond donors (Lipinski definition) is 4. The van der Waals surface area contributed by atoms with Crippen molar-refractivity contribution in [1.82, 2.24) is 20.3 Å². The Morgan fingerprint density at radius 1 is 0.652 bits per heavy atom. The number of nitrogens with zero attached hydrogens (tertiary/aromatic N) is 3. The van der Waals surface area contributed by atoms with Crippen molar-refractivity contribution in [2.24, 2.45) is 0 Å². The molecule has 1 aliphatic heterocycles. The lowest BCUT2D eigenvalue weighted by atomic mass is 10.1. The number of nitrogen functional groups attached to an aromatic ring is 1. The Morgan fingerprint density at radius 2 is 1.11 bits per heavy atom. The maximum atomic E-state index is 12.3. The molecule has 1 amide bonds. The zero-order valence-corrected chi connectivity index (χ0v) is 40.8. The number of hydrogen-bond acceptors (Lipinski definition) is 14. The van der Waals surface area contributed by atoms with E-state index in [1.807, 2.05) is 95.3 Å². The summed E-state index contributed by atoms with van der Waals surface area (Å²) in [7, 11) is 0. The topological polar surface area (TPSA) is 186 Å². The Bertz CT molecular complexity index is 3410. The number of pyridine rings is 3. The van der Waals surface area contributed by atoms with Gasteiger partial charge in [0.15, 0.2) is 11.6 Å². The predicted octanol–water partition coefficient (Wildman–Crippen LogP) is 11.8. The molecular weight excluding hydrogens is 887 g/mol. The van der Waals surface area contributed by atoms with Gasteiger partial charge in [-0.15, -0.1) is 34.0 Å². The monoisotopic (exact) mass is 937 g/mol. The molecule has 0 saturated carbocycles. The number of anilines is 3. The molecule has 15 heteroatoms. The number of thiophene rings is 3. The number of carbonyl (C=O) groups is 5. The molecule has 1 aliphatic rings. The average Bonchev–Trinajstić information content (AvgIpc) is 3.94. The second kappa shape index (κ2) is 19.8. The fourth-order valence-electron chi connectivity index (χ4n) is 7.55. The van der Waals surface area contributed by atoms with Crippen molar-refractivity contribution in [2.45, 2.75) is 74.8 Å². The molecule has 3 aromatic carbocycles. The Balaban J connectivity index is 0.000000140. The van der Waals surface area contributed by atoms with Crippen molar-refractivity contribution in [2.75, 3.05) is 29.5 Å². The first-order chi connectivity index (χ1) is 31.4. The van der Waals surface area contributed by atoms with E-state index in [9.17, 15) is 24.0 Å². The molecule has 1 unspecified atom stereocenters. The van der Waals surface area contributed by atoms with Crippen molar-refractivity contribution in [1.29, 1.82) is 0 Å². The van der Waals surface area contributed by atoms with Gasteiger partial charge in [0.05, 0.1) is 49.9 Å². The summed E-state index contributed by atoms with van der Waals surface area (Å²) in [6, 6.07) is 24.2. The van der Waals surface area contributed by atoms with Crippen LogP contribution in [0.15, 0.2) is 72.8 Å². The van der Waals surface area contributed by atoms with E-state index < -0.39 is 0 Å². The number of benzene rings is 3. The molecule has 0 saturated heterocycles. The lowest BCUT2D eigenvalue weighted by molar-refractivity contribution is -0.117. The molecule has 5 N–H and O–H groups in total. The van der Waals surface area contributed by atoms with E-state index in [2.05, 4.69) is 43.0 Å². The quantitative estimate of drug-likeness (QED) is 0.116. The molecule has 0 aliphatic carbocycles. The number of ketones is 4. The van der Waals surface area contributed by atoms with Crippen molar-refractivity contribution in [3.63, 3.8) is 0 Å². The molecular formula is C51H51N7O5S3. The zero-order valence-electron chi connectivity index (χ0n) is 38.3. The third kappa shape index (κ3) is 9.93. The van der Waals surface area contributed by atoms with Crippen LogP contribution in [0.1, 0.15) is 94.1 Å². The number of Topliss-reactive ketones (excluding diaryl/α,β-unsaturated/α-hetero) is 4. The number of fused-ring (bicyclic) bond motifs is 11. The maximum Gasteiger partial charge on any atom is 0.263 e. The van der Waals surface area contributed by atoms with E-state index in [4.69, 9.17) is 5.73 Å². The fraction of sp³-hybridized carbons (Fsp3) is 0.255. The van der Waals surface area contributed by atoms with Gasteiger partial charge in [0.25, 0.3) is 5.91 Å². The van der Waals surface area contributed by atoms with E-state index in [1.165, 1.54) is 40.9 Å². The number of aryl methyl sites for hydroxylation is 3. The zero-order chi connectivity index (χ0) is 47.6. The number of carbonyl (C=O) groups excluding carboxylic acids is 5. The SMILES string of the molecule is CC(=O)CNc1c(C(C)=O)sc2ccc3nc(C)ccc3c12.CC(=O)c1sc2ccc3nc(C)ccc3c2c1N.CCC(C)=O.Cc1ccc2c(ccc3sc4c(c32)NCC(C)NC4=O)n1. The van der Waals surface area contributed by atoms with E-state index in [1.54, 1.807) is 20.8 Å². The molecule has 7 heterocycles. The first-order valence-electron chi connectivity index (χ1n) is 21.5. The summed E-state index contributed by atoms with van der Waals surface area (Å²) in [5.41, 5.74) is 14.1. The largest absolute Gasteiger partial charge is 0.397 e. The van der Waals surface area contributed by atoms with Gasteiger partial charge in [0.1, 0.15) is 16.4 Å². The van der Waals surface area contributed by atoms with Crippen LogP contribution in [-0.2, 0) is 9.59 Å². The van der Waals surface area contributed by atoms with Gasteiger partial charge >= 0.3 is 0 Å². The van der Waals surface area contributed by atoms with Crippen LogP contribution in [0, 0.1) is 20.8 Å². The smallest absolute Gasteiger partial charge is 0.263 e. The van der Waals surface area contributed by atoms with Gasteiger partial charge in [-0.05, 0) is 96.1 Å². The van der Waals surface area contributed by atoms with Crippen molar-refractivity contribution in [3.8, 4) is 0 Å². The first kappa shape index (κ1) is 47.3. The molecule has 0 radical (unpaired) electrons. The van der Waals surface area contributed by atoms with Gasteiger partial charge in [-0.3, -0.25) is 34.1 Å². The highest BCUT2D eigenvalue weighted by Crippen LogP contribution is 2.42. The Morgan fingerprint density at radius 3 is 1.59 bits per heavy atom. The van der Waals surface area contributed by atoms with Gasteiger partial charge in [-0.2, -0.15) is 0 Å². The summed E-state index contributed by atoms with van der Waals surface area (Å²) in [5.74, 6) is 0.312. The van der Waals surface area contributed by atoms with E-state index in [0.29, 0.717) is 21.9 Å². The Hall–Kier alpha value is -6.68. The standard InChI is InChI=1S/C17H16N2O2S.C16H15N3OS.C14H12N2OS.C4H8O/c1-9-4-5-12-13(19-9)6-7-14-15(12)16(18-8-10(2)20)17(22-14)11(3)21;1-8-3-4-10-11(18-8)5-6-12-13(10)14-15(21-12)16(20)19-9(2)7-17-14;1-7-3-4-9-10(16-7)5-6-11-12(9)13(15)14(18-11)8(2)17;1-3-4(2)5/h4-7,18H,8H2,1-3H3;3-6,9,17H,7H2,1-2H3,(H,19,20);3-6H,15H2,1-2H3;3H2,1-2H3. The summed E-state index contributed by atoms with van der Waals surface area (Å²) in [6.45, 7) is 16.9. The molecule has 66 heavy (non-hydrogen) atoms. The van der Waals surface area contributed by atoms with Gasteiger partial charge < -0.3 is 26.5 Å². The van der Waals surface area contributed by atoms with Crippen molar-refractivity contribution < 1.29 is 24.0 Å². The molecule has 0 fully saturated rings. The molecule has 9 aromatic rings. The summed E-state index contributed by atoms with van der Waals surface area (Å²) < 4.78 is 3.18. The number of aromatic nitrogens is 3. The van der Waals surface area contributed by atoms with Gasteiger partial charge in [-0.25, -0.2) is 0 Å². The Kier molecular flexibility index (Phi) is 14.2. The fourth-order valence-corrected chi connectivity index (χ4v) is 10.8. The van der Waals surface area contributed by atoms with E-state index in [-0.39, 0.29) is 41.6 Å². The molecule has 1 atom stereocenters. The van der Waals surface area contributed by atoms with E-state index in [0.717, 1.165) is 103 Å². The van der Waals surface area contributed by atoms with Crippen LogP contribution in [0.4, 0.5) is 17.1 Å².